The molecule has 2 N–H and O–H groups in total. The second-order valence-corrected chi connectivity index (χ2v) is 9.58. The Morgan fingerprint density at radius 2 is 1.44 bits per heavy atom. The summed E-state index contributed by atoms with van der Waals surface area (Å²) in [5.41, 5.74) is 2.41. The molecule has 1 rings (SSSR count). The van der Waals surface area contributed by atoms with Crippen LogP contribution in [0.2, 0.25) is 0 Å². The van der Waals surface area contributed by atoms with Gasteiger partial charge >= 0.3 is 0 Å². The highest BCUT2D eigenvalue weighted by atomic mass is 16.3. The Morgan fingerprint density at radius 3 is 1.81 bits per heavy atom. The van der Waals surface area contributed by atoms with Crippen LogP contribution in [0.4, 0.5) is 0 Å². The highest BCUT2D eigenvalue weighted by molar-refractivity contribution is 5.92. The van der Waals surface area contributed by atoms with E-state index < -0.39 is 0 Å². The topological polar surface area (TPSA) is 49.3 Å². The average Bonchev–Trinajstić information content (AvgIpc) is 2.52. The largest absolute Gasteiger partial charge is 0.507 e. The minimum absolute atomic E-state index is 0.0513. The van der Waals surface area contributed by atoms with E-state index in [1.165, 1.54) is 0 Å². The predicted octanol–water partition coefficient (Wildman–Crippen LogP) is 6.09. The summed E-state index contributed by atoms with van der Waals surface area (Å²) in [7, 11) is 0. The van der Waals surface area contributed by atoms with Gasteiger partial charge in [0.2, 0.25) is 5.91 Å². The van der Waals surface area contributed by atoms with E-state index in [0.717, 1.165) is 42.4 Å². The smallest absolute Gasteiger partial charge is 0.244 e. The van der Waals surface area contributed by atoms with E-state index in [0.29, 0.717) is 5.75 Å². The Hall–Kier alpha value is -1.77. The van der Waals surface area contributed by atoms with E-state index in [9.17, 15) is 9.90 Å². The van der Waals surface area contributed by atoms with Crippen molar-refractivity contribution in [2.75, 3.05) is 0 Å². The van der Waals surface area contributed by atoms with Gasteiger partial charge in [-0.3, -0.25) is 4.79 Å². The van der Waals surface area contributed by atoms with E-state index in [2.05, 4.69) is 60.7 Å². The molecule has 0 fully saturated rings. The summed E-state index contributed by atoms with van der Waals surface area (Å²) in [5, 5.41) is 13.9. The average molecular weight is 374 g/mol. The lowest BCUT2D eigenvalue weighted by molar-refractivity contribution is -0.117. The molecule has 1 aromatic carbocycles. The van der Waals surface area contributed by atoms with Gasteiger partial charge in [0.1, 0.15) is 5.75 Å². The monoisotopic (exact) mass is 373 g/mol. The summed E-state index contributed by atoms with van der Waals surface area (Å²) in [5.74, 6) is 0.312. The third kappa shape index (κ3) is 7.04. The van der Waals surface area contributed by atoms with Crippen LogP contribution in [0.5, 0.6) is 5.75 Å². The third-order valence-corrected chi connectivity index (χ3v) is 4.80. The van der Waals surface area contributed by atoms with Crippen molar-refractivity contribution in [1.82, 2.24) is 5.32 Å². The highest BCUT2D eigenvalue weighted by Crippen LogP contribution is 2.39. The Kier molecular flexibility index (Phi) is 8.13. The molecule has 1 aromatic rings. The number of rotatable bonds is 7. The number of amides is 1. The zero-order valence-corrected chi connectivity index (χ0v) is 18.6. The van der Waals surface area contributed by atoms with Crippen LogP contribution in [0.3, 0.4) is 0 Å². The quantitative estimate of drug-likeness (QED) is 0.569. The summed E-state index contributed by atoms with van der Waals surface area (Å²) in [4.78, 5) is 12.4. The minimum atomic E-state index is -0.177. The summed E-state index contributed by atoms with van der Waals surface area (Å²) < 4.78 is 0. The van der Waals surface area contributed by atoms with Gasteiger partial charge in [-0.15, -0.1) is 0 Å². The number of benzene rings is 1. The van der Waals surface area contributed by atoms with E-state index in [1.807, 2.05) is 18.2 Å². The molecular formula is C24H39NO2. The first-order valence-electron chi connectivity index (χ1n) is 10.3. The molecule has 0 radical (unpaired) electrons. The van der Waals surface area contributed by atoms with Crippen LogP contribution >= 0.6 is 0 Å². The fraction of sp³-hybridized carbons (Fsp3) is 0.625. The molecule has 0 aromatic heterocycles. The Bertz CT molecular complexity index is 619. The number of nitrogens with one attached hydrogen (secondary N) is 1. The second kappa shape index (κ2) is 9.43. The first kappa shape index (κ1) is 23.3. The van der Waals surface area contributed by atoms with Gasteiger partial charge in [-0.2, -0.15) is 0 Å². The maximum Gasteiger partial charge on any atom is 0.244 e. The number of carbonyl (C=O) groups excluding carboxylic acids is 1. The van der Waals surface area contributed by atoms with Crippen molar-refractivity contribution in [3.05, 3.63) is 34.9 Å². The van der Waals surface area contributed by atoms with Crippen LogP contribution in [0.15, 0.2) is 18.2 Å². The summed E-state index contributed by atoms with van der Waals surface area (Å²) in [6, 6.07) is 4.22. The zero-order chi connectivity index (χ0) is 20.8. The Morgan fingerprint density at radius 1 is 1.00 bits per heavy atom. The lowest BCUT2D eigenvalue weighted by Gasteiger charge is -2.27. The molecular weight excluding hydrogens is 334 g/mol. The van der Waals surface area contributed by atoms with Crippen molar-refractivity contribution >= 4 is 12.0 Å². The Labute approximate surface area is 166 Å². The third-order valence-electron chi connectivity index (χ3n) is 4.80. The molecule has 152 valence electrons. The SMILES string of the molecule is CCCC(CCC)NC(=O)/C=C/c1cc(C(C)(C)C)c(O)c(C(C)(C)C)c1. The Balaban J connectivity index is 3.15. The van der Waals surface area contributed by atoms with Crippen LogP contribution in [0.25, 0.3) is 6.08 Å². The standard InChI is InChI=1S/C24H39NO2/c1-9-11-18(12-10-2)25-21(26)14-13-17-15-19(23(3,4)5)22(27)20(16-17)24(6,7)8/h13-16,18,27H,9-12H2,1-8H3,(H,25,26)/b14-13+. The summed E-state index contributed by atoms with van der Waals surface area (Å²) >= 11 is 0. The van der Waals surface area contributed by atoms with Crippen molar-refractivity contribution in [3.8, 4) is 5.75 Å². The molecule has 1 amide bonds. The van der Waals surface area contributed by atoms with Crippen LogP contribution in [0.1, 0.15) is 97.8 Å². The van der Waals surface area contributed by atoms with Crippen molar-refractivity contribution in [1.29, 1.82) is 0 Å². The van der Waals surface area contributed by atoms with Crippen molar-refractivity contribution in [2.45, 2.75) is 97.9 Å². The normalized spacial score (nSPS) is 12.8. The lowest BCUT2D eigenvalue weighted by Crippen LogP contribution is -2.33. The van der Waals surface area contributed by atoms with E-state index >= 15 is 0 Å². The molecule has 0 unspecified atom stereocenters. The number of aromatic hydroxyl groups is 1. The molecule has 0 saturated heterocycles. The molecule has 0 aliphatic rings. The molecule has 0 heterocycles. The summed E-state index contributed by atoms with van der Waals surface area (Å²) in [6.45, 7) is 16.8. The van der Waals surface area contributed by atoms with Gasteiger partial charge in [0, 0.05) is 23.2 Å². The number of hydrogen-bond donors (Lipinski definition) is 2. The maximum absolute atomic E-state index is 12.4. The number of hydrogen-bond acceptors (Lipinski definition) is 2. The second-order valence-electron chi connectivity index (χ2n) is 9.58. The van der Waals surface area contributed by atoms with Crippen LogP contribution in [0, 0.1) is 0 Å². The summed E-state index contributed by atoms with van der Waals surface area (Å²) in [6.07, 6.45) is 7.62. The van der Waals surface area contributed by atoms with Crippen LogP contribution < -0.4 is 5.32 Å². The van der Waals surface area contributed by atoms with Gasteiger partial charge in [-0.25, -0.2) is 0 Å². The van der Waals surface area contributed by atoms with Gasteiger partial charge in [-0.05, 0) is 47.4 Å². The minimum Gasteiger partial charge on any atom is -0.507 e. The highest BCUT2D eigenvalue weighted by Gasteiger charge is 2.26. The van der Waals surface area contributed by atoms with Gasteiger partial charge in [0.05, 0.1) is 0 Å². The van der Waals surface area contributed by atoms with Crippen LogP contribution in [-0.4, -0.2) is 17.1 Å². The molecule has 0 atom stereocenters. The molecule has 3 nitrogen and oxygen atoms in total. The van der Waals surface area contributed by atoms with E-state index in [4.69, 9.17) is 0 Å². The first-order chi connectivity index (χ1) is 12.4. The fourth-order valence-electron chi connectivity index (χ4n) is 3.30. The molecule has 27 heavy (non-hydrogen) atoms. The van der Waals surface area contributed by atoms with Gasteiger partial charge < -0.3 is 10.4 Å². The molecule has 0 bridgehead atoms. The lowest BCUT2D eigenvalue weighted by atomic mass is 9.78. The molecule has 0 aliphatic carbocycles. The number of phenols is 1. The molecule has 0 saturated carbocycles. The van der Waals surface area contributed by atoms with Crippen molar-refractivity contribution < 1.29 is 9.90 Å². The van der Waals surface area contributed by atoms with Crippen molar-refractivity contribution in [2.24, 2.45) is 0 Å². The fourth-order valence-corrected chi connectivity index (χ4v) is 3.30. The molecule has 0 spiro atoms. The van der Waals surface area contributed by atoms with E-state index in [1.54, 1.807) is 6.08 Å². The molecule has 3 heteroatoms. The molecule has 0 aliphatic heterocycles. The van der Waals surface area contributed by atoms with E-state index in [-0.39, 0.29) is 22.8 Å². The maximum atomic E-state index is 12.4. The van der Waals surface area contributed by atoms with Crippen molar-refractivity contribution in [3.63, 3.8) is 0 Å². The van der Waals surface area contributed by atoms with Gasteiger partial charge in [0.25, 0.3) is 0 Å². The van der Waals surface area contributed by atoms with Crippen LogP contribution in [-0.2, 0) is 15.6 Å². The van der Waals surface area contributed by atoms with Gasteiger partial charge in [-0.1, -0.05) is 68.2 Å². The number of phenolic OH excluding ortho intramolecular Hbond substituents is 1. The zero-order valence-electron chi connectivity index (χ0n) is 18.6. The first-order valence-corrected chi connectivity index (χ1v) is 10.3. The van der Waals surface area contributed by atoms with Gasteiger partial charge in [0.15, 0.2) is 0 Å². The predicted molar refractivity (Wildman–Crippen MR) is 116 cm³/mol. The number of carbonyl (C=O) groups is 1.